The van der Waals surface area contributed by atoms with Crippen molar-refractivity contribution in [3.63, 3.8) is 0 Å². The number of nitro groups is 1. The molecule has 0 bridgehead atoms. The van der Waals surface area contributed by atoms with Crippen molar-refractivity contribution >= 4 is 23.2 Å². The Balaban J connectivity index is 2.11. The number of aromatic nitrogens is 1. The molecule has 2 rings (SSSR count). The molecule has 0 saturated carbocycles. The Morgan fingerprint density at radius 3 is 2.67 bits per heavy atom. The average molecular weight is 306 g/mol. The van der Waals surface area contributed by atoms with E-state index in [4.69, 9.17) is 11.6 Å². The van der Waals surface area contributed by atoms with Gasteiger partial charge in [-0.15, -0.1) is 0 Å². The largest absolute Gasteiger partial charge is 0.348 e. The summed E-state index contributed by atoms with van der Waals surface area (Å²) in [6, 6.07) is 8.76. The van der Waals surface area contributed by atoms with Gasteiger partial charge in [0.2, 0.25) is 0 Å². The highest BCUT2D eigenvalue weighted by molar-refractivity contribution is 6.32. The van der Waals surface area contributed by atoms with E-state index in [0.29, 0.717) is 6.54 Å². The van der Waals surface area contributed by atoms with Gasteiger partial charge in [0, 0.05) is 12.6 Å². The Morgan fingerprint density at radius 1 is 1.38 bits per heavy atom. The SMILES string of the molecule is Cc1ccc(CNC(=O)c2cc([N+](=O)[O-])cnc2Cl)cc1. The van der Waals surface area contributed by atoms with E-state index >= 15 is 0 Å². The molecule has 0 radical (unpaired) electrons. The Hall–Kier alpha value is -2.47. The van der Waals surface area contributed by atoms with Crippen LogP contribution in [0.5, 0.6) is 0 Å². The fraction of sp³-hybridized carbons (Fsp3) is 0.143. The van der Waals surface area contributed by atoms with Crippen molar-refractivity contribution in [2.45, 2.75) is 13.5 Å². The number of carbonyl (C=O) groups excluding carboxylic acids is 1. The molecular formula is C14H12ClN3O3. The molecule has 0 aliphatic rings. The number of pyridine rings is 1. The predicted molar refractivity (Wildman–Crippen MR) is 78.3 cm³/mol. The van der Waals surface area contributed by atoms with Gasteiger partial charge in [-0.2, -0.15) is 0 Å². The number of hydrogen-bond acceptors (Lipinski definition) is 4. The summed E-state index contributed by atoms with van der Waals surface area (Å²) in [4.78, 5) is 25.7. The van der Waals surface area contributed by atoms with Crippen molar-refractivity contribution in [2.75, 3.05) is 0 Å². The van der Waals surface area contributed by atoms with Gasteiger partial charge in [-0.3, -0.25) is 14.9 Å². The summed E-state index contributed by atoms with van der Waals surface area (Å²) < 4.78 is 0. The van der Waals surface area contributed by atoms with Crippen molar-refractivity contribution in [1.82, 2.24) is 10.3 Å². The summed E-state index contributed by atoms with van der Waals surface area (Å²) in [6.45, 7) is 2.27. The van der Waals surface area contributed by atoms with Gasteiger partial charge in [-0.05, 0) is 12.5 Å². The number of amides is 1. The molecule has 1 aromatic carbocycles. The predicted octanol–water partition coefficient (Wildman–Crippen LogP) is 2.88. The number of aryl methyl sites for hydroxylation is 1. The second-order valence-corrected chi connectivity index (χ2v) is 4.82. The van der Waals surface area contributed by atoms with Crippen LogP contribution in [0.25, 0.3) is 0 Å². The number of halogens is 1. The highest BCUT2D eigenvalue weighted by Crippen LogP contribution is 2.19. The Kier molecular flexibility index (Phi) is 4.49. The van der Waals surface area contributed by atoms with Gasteiger partial charge < -0.3 is 5.32 Å². The number of carbonyl (C=O) groups is 1. The van der Waals surface area contributed by atoms with E-state index < -0.39 is 10.8 Å². The second-order valence-electron chi connectivity index (χ2n) is 4.46. The molecule has 6 nitrogen and oxygen atoms in total. The molecule has 21 heavy (non-hydrogen) atoms. The first-order valence-electron chi connectivity index (χ1n) is 6.11. The van der Waals surface area contributed by atoms with Gasteiger partial charge in [0.1, 0.15) is 11.3 Å². The van der Waals surface area contributed by atoms with Crippen LogP contribution in [0.3, 0.4) is 0 Å². The van der Waals surface area contributed by atoms with Gasteiger partial charge in [0.25, 0.3) is 11.6 Å². The van der Waals surface area contributed by atoms with E-state index in [9.17, 15) is 14.9 Å². The summed E-state index contributed by atoms with van der Waals surface area (Å²) in [5, 5.41) is 13.3. The summed E-state index contributed by atoms with van der Waals surface area (Å²) in [5.41, 5.74) is 1.75. The van der Waals surface area contributed by atoms with Crippen LogP contribution in [-0.4, -0.2) is 15.8 Å². The maximum atomic E-state index is 12.0. The monoisotopic (exact) mass is 305 g/mol. The lowest BCUT2D eigenvalue weighted by molar-refractivity contribution is -0.385. The molecule has 0 fully saturated rings. The van der Waals surface area contributed by atoms with Crippen LogP contribution in [0.15, 0.2) is 36.5 Å². The molecule has 1 heterocycles. The van der Waals surface area contributed by atoms with Crippen LogP contribution in [-0.2, 0) is 6.54 Å². The van der Waals surface area contributed by atoms with E-state index in [1.54, 1.807) is 0 Å². The molecule has 1 aromatic heterocycles. The van der Waals surface area contributed by atoms with Crippen molar-refractivity contribution in [1.29, 1.82) is 0 Å². The first kappa shape index (κ1) is 14.9. The lowest BCUT2D eigenvalue weighted by Gasteiger charge is -2.06. The fourth-order valence-corrected chi connectivity index (χ4v) is 1.87. The standard InChI is InChI=1S/C14H12ClN3O3/c1-9-2-4-10(5-3-9)7-17-14(19)12-6-11(18(20)21)8-16-13(12)15/h2-6,8H,7H2,1H3,(H,17,19). The molecule has 0 aliphatic carbocycles. The first-order valence-corrected chi connectivity index (χ1v) is 6.49. The molecular weight excluding hydrogens is 294 g/mol. The van der Waals surface area contributed by atoms with E-state index in [1.807, 2.05) is 31.2 Å². The fourth-order valence-electron chi connectivity index (χ4n) is 1.68. The minimum atomic E-state index is -0.625. The number of nitrogens with zero attached hydrogens (tertiary/aromatic N) is 2. The topological polar surface area (TPSA) is 85.1 Å². The minimum absolute atomic E-state index is 0.0158. The van der Waals surface area contributed by atoms with Gasteiger partial charge in [-0.1, -0.05) is 41.4 Å². The Morgan fingerprint density at radius 2 is 2.05 bits per heavy atom. The number of benzene rings is 1. The van der Waals surface area contributed by atoms with Crippen LogP contribution in [0.1, 0.15) is 21.5 Å². The number of hydrogen-bond donors (Lipinski definition) is 1. The minimum Gasteiger partial charge on any atom is -0.348 e. The third-order valence-electron chi connectivity index (χ3n) is 2.85. The number of rotatable bonds is 4. The smallest absolute Gasteiger partial charge is 0.288 e. The molecule has 0 aliphatic heterocycles. The number of nitrogens with one attached hydrogen (secondary N) is 1. The first-order chi connectivity index (χ1) is 9.97. The zero-order valence-electron chi connectivity index (χ0n) is 11.2. The van der Waals surface area contributed by atoms with Crippen LogP contribution >= 0.6 is 11.6 Å². The lowest BCUT2D eigenvalue weighted by Crippen LogP contribution is -2.23. The van der Waals surface area contributed by atoms with E-state index in [1.165, 1.54) is 0 Å². The quantitative estimate of drug-likeness (QED) is 0.534. The summed E-state index contributed by atoms with van der Waals surface area (Å²) in [6.07, 6.45) is 1.01. The van der Waals surface area contributed by atoms with Crippen LogP contribution in [0.2, 0.25) is 5.15 Å². The van der Waals surface area contributed by atoms with Crippen molar-refractivity contribution in [2.24, 2.45) is 0 Å². The van der Waals surface area contributed by atoms with Crippen LogP contribution < -0.4 is 5.32 Å². The summed E-state index contributed by atoms with van der Waals surface area (Å²) in [7, 11) is 0. The molecule has 0 spiro atoms. The second kappa shape index (κ2) is 6.32. The van der Waals surface area contributed by atoms with Gasteiger partial charge in [-0.25, -0.2) is 4.98 Å². The molecule has 0 saturated heterocycles. The Labute approximate surface area is 125 Å². The third kappa shape index (κ3) is 3.76. The molecule has 7 heteroatoms. The lowest BCUT2D eigenvalue weighted by atomic mass is 10.1. The molecule has 0 unspecified atom stereocenters. The normalized spacial score (nSPS) is 10.2. The van der Waals surface area contributed by atoms with Crippen molar-refractivity contribution < 1.29 is 9.72 Å². The van der Waals surface area contributed by atoms with Gasteiger partial charge in [0.15, 0.2) is 0 Å². The van der Waals surface area contributed by atoms with Crippen molar-refractivity contribution in [3.05, 3.63) is 68.5 Å². The molecule has 1 amide bonds. The van der Waals surface area contributed by atoms with Crippen molar-refractivity contribution in [3.8, 4) is 0 Å². The average Bonchev–Trinajstić information content (AvgIpc) is 2.46. The molecule has 108 valence electrons. The zero-order valence-corrected chi connectivity index (χ0v) is 11.9. The van der Waals surface area contributed by atoms with E-state index in [-0.39, 0.29) is 16.4 Å². The molecule has 2 aromatic rings. The molecule has 0 atom stereocenters. The highest BCUT2D eigenvalue weighted by Gasteiger charge is 2.16. The van der Waals surface area contributed by atoms with Gasteiger partial charge in [0.05, 0.1) is 10.5 Å². The summed E-state index contributed by atoms with van der Waals surface area (Å²) in [5.74, 6) is -0.503. The van der Waals surface area contributed by atoms with Crippen LogP contribution in [0, 0.1) is 17.0 Å². The third-order valence-corrected chi connectivity index (χ3v) is 3.15. The summed E-state index contributed by atoms with van der Waals surface area (Å²) >= 11 is 5.80. The maximum absolute atomic E-state index is 12.0. The maximum Gasteiger partial charge on any atom is 0.288 e. The van der Waals surface area contributed by atoms with E-state index in [0.717, 1.165) is 23.4 Å². The van der Waals surface area contributed by atoms with Crippen LogP contribution in [0.4, 0.5) is 5.69 Å². The van der Waals surface area contributed by atoms with E-state index in [2.05, 4.69) is 10.3 Å². The highest BCUT2D eigenvalue weighted by atomic mass is 35.5. The molecule has 1 N–H and O–H groups in total. The zero-order chi connectivity index (χ0) is 15.4. The van der Waals surface area contributed by atoms with Gasteiger partial charge >= 0.3 is 0 Å². The Bertz CT molecular complexity index is 686.